The lowest BCUT2D eigenvalue weighted by Crippen LogP contribution is -2.34. The summed E-state index contributed by atoms with van der Waals surface area (Å²) in [5.41, 5.74) is 2.01. The molecule has 0 saturated heterocycles. The van der Waals surface area contributed by atoms with Crippen LogP contribution in [0.2, 0.25) is 0 Å². The van der Waals surface area contributed by atoms with Gasteiger partial charge in [0.25, 0.3) is 5.91 Å². The zero-order chi connectivity index (χ0) is 15.8. The van der Waals surface area contributed by atoms with Crippen LogP contribution in [0.5, 0.6) is 5.75 Å². The van der Waals surface area contributed by atoms with Crippen LogP contribution in [0.15, 0.2) is 30.4 Å². The van der Waals surface area contributed by atoms with Gasteiger partial charge >= 0.3 is 0 Å². The SMILES string of the molecule is C=C(C)Cc1cccc(C(=O)NCCN(CC)CC)c1O. The van der Waals surface area contributed by atoms with E-state index >= 15 is 0 Å². The molecule has 0 fully saturated rings. The highest BCUT2D eigenvalue weighted by Crippen LogP contribution is 2.24. The summed E-state index contributed by atoms with van der Waals surface area (Å²) >= 11 is 0. The van der Waals surface area contributed by atoms with Gasteiger partial charge in [0, 0.05) is 13.1 Å². The van der Waals surface area contributed by atoms with Gasteiger partial charge in [-0.1, -0.05) is 38.1 Å². The molecule has 0 saturated carbocycles. The summed E-state index contributed by atoms with van der Waals surface area (Å²) in [7, 11) is 0. The van der Waals surface area contributed by atoms with E-state index < -0.39 is 0 Å². The lowest BCUT2D eigenvalue weighted by Gasteiger charge is -2.18. The number of phenols is 1. The number of aromatic hydroxyl groups is 1. The summed E-state index contributed by atoms with van der Waals surface area (Å²) in [6.45, 7) is 13.2. The third kappa shape index (κ3) is 5.23. The smallest absolute Gasteiger partial charge is 0.255 e. The average Bonchev–Trinajstić information content (AvgIpc) is 2.45. The van der Waals surface area contributed by atoms with Gasteiger partial charge in [-0.15, -0.1) is 0 Å². The molecule has 0 aliphatic rings. The molecule has 0 aliphatic carbocycles. The van der Waals surface area contributed by atoms with Crippen molar-refractivity contribution >= 4 is 5.91 Å². The average molecular weight is 290 g/mol. The Balaban J connectivity index is 2.68. The van der Waals surface area contributed by atoms with E-state index in [4.69, 9.17) is 0 Å². The molecule has 4 heteroatoms. The Bertz CT molecular complexity index is 494. The first-order valence-corrected chi connectivity index (χ1v) is 7.45. The van der Waals surface area contributed by atoms with Gasteiger partial charge < -0.3 is 15.3 Å². The second-order valence-corrected chi connectivity index (χ2v) is 5.23. The Morgan fingerprint density at radius 1 is 1.33 bits per heavy atom. The third-order valence-corrected chi connectivity index (χ3v) is 3.46. The largest absolute Gasteiger partial charge is 0.507 e. The number of allylic oxidation sites excluding steroid dienone is 1. The van der Waals surface area contributed by atoms with Crippen LogP contribution in [-0.2, 0) is 6.42 Å². The molecule has 116 valence electrons. The van der Waals surface area contributed by atoms with Gasteiger partial charge in [0.2, 0.25) is 0 Å². The Kier molecular flexibility index (Phi) is 6.96. The topological polar surface area (TPSA) is 52.6 Å². The fourth-order valence-electron chi connectivity index (χ4n) is 2.20. The molecule has 1 amide bonds. The molecule has 0 aromatic heterocycles. The third-order valence-electron chi connectivity index (χ3n) is 3.46. The fraction of sp³-hybridized carbons (Fsp3) is 0.471. The fourth-order valence-corrected chi connectivity index (χ4v) is 2.20. The van der Waals surface area contributed by atoms with E-state index in [9.17, 15) is 9.90 Å². The molecule has 0 radical (unpaired) electrons. The molecule has 0 aliphatic heterocycles. The Morgan fingerprint density at radius 2 is 2.00 bits per heavy atom. The van der Waals surface area contributed by atoms with Gasteiger partial charge in [-0.25, -0.2) is 0 Å². The highest BCUT2D eigenvalue weighted by molar-refractivity contribution is 5.97. The van der Waals surface area contributed by atoms with Gasteiger partial charge in [-0.2, -0.15) is 0 Å². The number of hydrogen-bond donors (Lipinski definition) is 2. The lowest BCUT2D eigenvalue weighted by molar-refractivity contribution is 0.0946. The van der Waals surface area contributed by atoms with Crippen molar-refractivity contribution < 1.29 is 9.90 Å². The summed E-state index contributed by atoms with van der Waals surface area (Å²) in [4.78, 5) is 14.4. The maximum atomic E-state index is 12.1. The molecule has 21 heavy (non-hydrogen) atoms. The minimum Gasteiger partial charge on any atom is -0.507 e. The number of likely N-dealkylation sites (N-methyl/N-ethyl adjacent to an activating group) is 1. The van der Waals surface area contributed by atoms with E-state index in [1.54, 1.807) is 12.1 Å². The standard InChI is InChI=1S/C17H26N2O2/c1-5-19(6-2)11-10-18-17(21)15-9-7-8-14(16(15)20)12-13(3)4/h7-9,20H,3,5-6,10-12H2,1-2,4H3,(H,18,21). The van der Waals surface area contributed by atoms with Crippen LogP contribution in [0.25, 0.3) is 0 Å². The van der Waals surface area contributed by atoms with Crippen LogP contribution < -0.4 is 5.32 Å². The number of carbonyl (C=O) groups excluding carboxylic acids is 1. The molecular formula is C17H26N2O2. The molecule has 0 spiro atoms. The van der Waals surface area contributed by atoms with E-state index in [1.807, 2.05) is 13.0 Å². The number of benzene rings is 1. The van der Waals surface area contributed by atoms with E-state index in [0.29, 0.717) is 18.5 Å². The van der Waals surface area contributed by atoms with Crippen molar-refractivity contribution in [3.05, 3.63) is 41.5 Å². The monoisotopic (exact) mass is 290 g/mol. The molecule has 1 aromatic rings. The Labute approximate surface area is 127 Å². The number of nitrogens with one attached hydrogen (secondary N) is 1. The van der Waals surface area contributed by atoms with Gasteiger partial charge in [0.05, 0.1) is 5.56 Å². The number of phenolic OH excluding ortho intramolecular Hbond substituents is 1. The predicted octanol–water partition coefficient (Wildman–Crippen LogP) is 2.58. The molecule has 0 heterocycles. The maximum absolute atomic E-state index is 12.1. The summed E-state index contributed by atoms with van der Waals surface area (Å²) < 4.78 is 0. The van der Waals surface area contributed by atoms with Crippen LogP contribution in [0, 0.1) is 0 Å². The zero-order valence-electron chi connectivity index (χ0n) is 13.3. The number of hydrogen-bond acceptors (Lipinski definition) is 3. The molecule has 1 rings (SSSR count). The van der Waals surface area contributed by atoms with E-state index in [1.165, 1.54) is 0 Å². The number of amides is 1. The molecule has 0 bridgehead atoms. The van der Waals surface area contributed by atoms with Gasteiger partial charge in [0.15, 0.2) is 0 Å². The molecule has 0 unspecified atom stereocenters. The number of rotatable bonds is 8. The minimum atomic E-state index is -0.233. The number of carbonyl (C=O) groups is 1. The lowest BCUT2D eigenvalue weighted by atomic mass is 10.0. The zero-order valence-corrected chi connectivity index (χ0v) is 13.3. The highest BCUT2D eigenvalue weighted by atomic mass is 16.3. The van der Waals surface area contributed by atoms with E-state index in [2.05, 4.69) is 30.6 Å². The van der Waals surface area contributed by atoms with Crippen LogP contribution >= 0.6 is 0 Å². The normalized spacial score (nSPS) is 10.7. The van der Waals surface area contributed by atoms with E-state index in [0.717, 1.165) is 30.8 Å². The number of nitrogens with zero attached hydrogens (tertiary/aromatic N) is 1. The van der Waals surface area contributed by atoms with Crippen molar-refractivity contribution in [3.8, 4) is 5.75 Å². The van der Waals surface area contributed by atoms with Crippen LogP contribution in [-0.4, -0.2) is 42.1 Å². The predicted molar refractivity (Wildman–Crippen MR) is 86.7 cm³/mol. The van der Waals surface area contributed by atoms with Crippen LogP contribution in [0.4, 0.5) is 0 Å². The Morgan fingerprint density at radius 3 is 2.57 bits per heavy atom. The number of para-hydroxylation sites is 1. The van der Waals surface area contributed by atoms with Gasteiger partial charge in [0.1, 0.15) is 5.75 Å². The second-order valence-electron chi connectivity index (χ2n) is 5.23. The molecule has 0 atom stereocenters. The maximum Gasteiger partial charge on any atom is 0.255 e. The second kappa shape index (κ2) is 8.47. The van der Waals surface area contributed by atoms with Crippen molar-refractivity contribution in [2.75, 3.05) is 26.2 Å². The molecule has 4 nitrogen and oxygen atoms in total. The first kappa shape index (κ1) is 17.2. The first-order chi connectivity index (χ1) is 9.99. The summed E-state index contributed by atoms with van der Waals surface area (Å²) in [5.74, 6) is -0.177. The van der Waals surface area contributed by atoms with Crippen LogP contribution in [0.1, 0.15) is 36.7 Å². The van der Waals surface area contributed by atoms with Crippen molar-refractivity contribution in [2.24, 2.45) is 0 Å². The van der Waals surface area contributed by atoms with Crippen molar-refractivity contribution in [3.63, 3.8) is 0 Å². The Hall–Kier alpha value is -1.81. The van der Waals surface area contributed by atoms with Crippen molar-refractivity contribution in [1.29, 1.82) is 0 Å². The highest BCUT2D eigenvalue weighted by Gasteiger charge is 2.14. The van der Waals surface area contributed by atoms with E-state index in [-0.39, 0.29) is 11.7 Å². The quantitative estimate of drug-likeness (QED) is 0.724. The van der Waals surface area contributed by atoms with Gasteiger partial charge in [-0.05, 0) is 38.1 Å². The molecular weight excluding hydrogens is 264 g/mol. The first-order valence-electron chi connectivity index (χ1n) is 7.45. The van der Waals surface area contributed by atoms with Gasteiger partial charge in [-0.3, -0.25) is 4.79 Å². The minimum absolute atomic E-state index is 0.0563. The summed E-state index contributed by atoms with van der Waals surface area (Å²) in [6.07, 6.45) is 0.576. The summed E-state index contributed by atoms with van der Waals surface area (Å²) in [6, 6.07) is 5.25. The molecule has 2 N–H and O–H groups in total. The van der Waals surface area contributed by atoms with Crippen molar-refractivity contribution in [1.82, 2.24) is 10.2 Å². The summed E-state index contributed by atoms with van der Waals surface area (Å²) in [5, 5.41) is 13.1. The molecule has 1 aromatic carbocycles. The van der Waals surface area contributed by atoms with Crippen molar-refractivity contribution in [2.45, 2.75) is 27.2 Å². The van der Waals surface area contributed by atoms with Crippen LogP contribution in [0.3, 0.4) is 0 Å².